The Kier molecular flexibility index (Phi) is 6.36. The van der Waals surface area contributed by atoms with E-state index in [1.54, 1.807) is 31.4 Å². The molecule has 1 fully saturated rings. The van der Waals surface area contributed by atoms with E-state index >= 15 is 0 Å². The van der Waals surface area contributed by atoms with Crippen LogP contribution in [0.25, 0.3) is 6.08 Å². The van der Waals surface area contributed by atoms with Crippen LogP contribution in [0.15, 0.2) is 52.4 Å². The van der Waals surface area contributed by atoms with Gasteiger partial charge in [0.05, 0.1) is 18.6 Å². The first-order valence-corrected chi connectivity index (χ1v) is 9.74. The topological polar surface area (TPSA) is 51.1 Å². The Bertz CT molecular complexity index is 943. The van der Waals surface area contributed by atoms with Crippen molar-refractivity contribution in [3.05, 3.63) is 58.8 Å². The van der Waals surface area contributed by atoms with Crippen LogP contribution in [0.1, 0.15) is 19.4 Å². The van der Waals surface area contributed by atoms with Gasteiger partial charge in [-0.1, -0.05) is 18.2 Å². The lowest BCUT2D eigenvalue weighted by atomic mass is 10.2. The normalized spacial score (nSPS) is 16.9. The smallest absolute Gasteiger partial charge is 0.266 e. The van der Waals surface area contributed by atoms with Crippen molar-refractivity contribution in [3.8, 4) is 11.5 Å². The van der Waals surface area contributed by atoms with Crippen LogP contribution in [0.2, 0.25) is 0 Å². The number of aliphatic imine (C=N–C) groups is 1. The average molecular weight is 400 g/mol. The molecular weight excluding hydrogens is 379 g/mol. The van der Waals surface area contributed by atoms with E-state index in [2.05, 4.69) is 4.99 Å². The molecule has 146 valence electrons. The fourth-order valence-electron chi connectivity index (χ4n) is 2.72. The van der Waals surface area contributed by atoms with E-state index in [0.29, 0.717) is 34.7 Å². The van der Waals surface area contributed by atoms with E-state index in [1.807, 2.05) is 32.0 Å². The van der Waals surface area contributed by atoms with E-state index in [-0.39, 0.29) is 11.6 Å². The Hall–Kier alpha value is -2.80. The number of thioether (sulfide) groups is 1. The maximum Gasteiger partial charge on any atom is 0.266 e. The highest BCUT2D eigenvalue weighted by Gasteiger charge is 2.32. The van der Waals surface area contributed by atoms with E-state index in [4.69, 9.17) is 9.47 Å². The quantitative estimate of drug-likeness (QED) is 0.650. The maximum atomic E-state index is 13.9. The average Bonchev–Trinajstić information content (AvgIpc) is 2.99. The van der Waals surface area contributed by atoms with Crippen LogP contribution in [-0.4, -0.2) is 36.2 Å². The SMILES string of the molecule is CCOc1ccc(/C=C2/SC(=Nc3ccccc3F)N(CC)C2=O)cc1OC. The Morgan fingerprint density at radius 1 is 1.18 bits per heavy atom. The number of carbonyl (C=O) groups is 1. The second-order valence-corrected chi connectivity index (χ2v) is 6.86. The summed E-state index contributed by atoms with van der Waals surface area (Å²) in [6.45, 7) is 4.74. The molecule has 1 aliphatic rings. The van der Waals surface area contributed by atoms with Gasteiger partial charge in [0, 0.05) is 6.54 Å². The van der Waals surface area contributed by atoms with E-state index < -0.39 is 5.82 Å². The predicted molar refractivity (Wildman–Crippen MR) is 111 cm³/mol. The van der Waals surface area contributed by atoms with Crippen molar-refractivity contribution in [1.82, 2.24) is 4.90 Å². The Balaban J connectivity index is 1.93. The van der Waals surface area contributed by atoms with Crippen molar-refractivity contribution in [3.63, 3.8) is 0 Å². The van der Waals surface area contributed by atoms with Crippen molar-refractivity contribution in [2.45, 2.75) is 13.8 Å². The molecule has 0 N–H and O–H groups in total. The molecule has 5 nitrogen and oxygen atoms in total. The van der Waals surface area contributed by atoms with Gasteiger partial charge in [-0.2, -0.15) is 0 Å². The summed E-state index contributed by atoms with van der Waals surface area (Å²) in [6, 6.07) is 11.7. The van der Waals surface area contributed by atoms with E-state index in [1.165, 1.54) is 22.7 Å². The molecule has 0 aliphatic carbocycles. The Morgan fingerprint density at radius 3 is 2.64 bits per heavy atom. The van der Waals surface area contributed by atoms with E-state index in [0.717, 1.165) is 5.56 Å². The number of ether oxygens (including phenoxy) is 2. The molecule has 0 aromatic heterocycles. The van der Waals surface area contributed by atoms with Gasteiger partial charge in [-0.15, -0.1) is 0 Å². The molecule has 1 aliphatic heterocycles. The zero-order chi connectivity index (χ0) is 20.1. The molecule has 1 saturated heterocycles. The van der Waals surface area contributed by atoms with Gasteiger partial charge >= 0.3 is 0 Å². The van der Waals surface area contributed by atoms with Crippen molar-refractivity contribution in [2.75, 3.05) is 20.3 Å². The zero-order valence-corrected chi connectivity index (χ0v) is 16.8. The van der Waals surface area contributed by atoms with Gasteiger partial charge in [0.1, 0.15) is 11.5 Å². The predicted octanol–water partition coefficient (Wildman–Crippen LogP) is 4.86. The largest absolute Gasteiger partial charge is 0.493 e. The van der Waals surface area contributed by atoms with Gasteiger partial charge < -0.3 is 9.47 Å². The van der Waals surface area contributed by atoms with Gasteiger partial charge in [-0.25, -0.2) is 9.38 Å². The first-order chi connectivity index (χ1) is 13.6. The molecule has 1 amide bonds. The van der Waals surface area contributed by atoms with Gasteiger partial charge in [0.2, 0.25) is 0 Å². The highest BCUT2D eigenvalue weighted by Crippen LogP contribution is 2.36. The van der Waals surface area contributed by atoms with Crippen molar-refractivity contribution >= 4 is 34.6 Å². The number of hydrogen-bond acceptors (Lipinski definition) is 5. The van der Waals surface area contributed by atoms with Gasteiger partial charge in [0.25, 0.3) is 5.91 Å². The first kappa shape index (κ1) is 19.9. The molecule has 2 aromatic carbocycles. The lowest BCUT2D eigenvalue weighted by Crippen LogP contribution is -2.28. The highest BCUT2D eigenvalue weighted by molar-refractivity contribution is 8.18. The molecule has 1 heterocycles. The van der Waals surface area contributed by atoms with E-state index in [9.17, 15) is 9.18 Å². The van der Waals surface area contributed by atoms with Crippen LogP contribution in [0, 0.1) is 5.82 Å². The standard InChI is InChI=1S/C21H21FN2O3S/c1-4-24-20(25)19(28-21(24)23-16-9-7-6-8-15(16)22)13-14-10-11-17(27-5-2)18(12-14)26-3/h6-13H,4-5H2,1-3H3/b19-13+,23-21?. The number of benzene rings is 2. The minimum Gasteiger partial charge on any atom is -0.493 e. The number of amidine groups is 1. The summed E-state index contributed by atoms with van der Waals surface area (Å²) in [7, 11) is 1.57. The molecule has 0 radical (unpaired) electrons. The highest BCUT2D eigenvalue weighted by atomic mass is 32.2. The molecule has 28 heavy (non-hydrogen) atoms. The zero-order valence-electron chi connectivity index (χ0n) is 15.9. The third kappa shape index (κ3) is 4.20. The first-order valence-electron chi connectivity index (χ1n) is 8.92. The summed E-state index contributed by atoms with van der Waals surface area (Å²) < 4.78 is 24.8. The second-order valence-electron chi connectivity index (χ2n) is 5.85. The van der Waals surface area contributed by atoms with Gasteiger partial charge in [0.15, 0.2) is 16.7 Å². The number of halogens is 1. The molecule has 3 rings (SSSR count). The summed E-state index contributed by atoms with van der Waals surface area (Å²) in [6.07, 6.45) is 1.78. The molecule has 0 spiro atoms. The van der Waals surface area contributed by atoms with Crippen molar-refractivity contribution in [2.24, 2.45) is 4.99 Å². The number of carbonyl (C=O) groups excluding carboxylic acids is 1. The third-order valence-electron chi connectivity index (χ3n) is 4.06. The molecule has 0 saturated carbocycles. The molecule has 7 heteroatoms. The molecule has 0 atom stereocenters. The van der Waals surface area contributed by atoms with Crippen LogP contribution in [-0.2, 0) is 4.79 Å². The second kappa shape index (κ2) is 8.93. The Labute approximate surface area is 167 Å². The number of para-hydroxylation sites is 1. The van der Waals surface area contributed by atoms with Crippen LogP contribution in [0.4, 0.5) is 10.1 Å². The van der Waals surface area contributed by atoms with Crippen LogP contribution >= 0.6 is 11.8 Å². The molecule has 0 unspecified atom stereocenters. The lowest BCUT2D eigenvalue weighted by molar-refractivity contribution is -0.122. The number of methoxy groups -OCH3 is 1. The number of likely N-dealkylation sites (N-methyl/N-ethyl adjacent to an activating group) is 1. The van der Waals surface area contributed by atoms with Crippen molar-refractivity contribution < 1.29 is 18.7 Å². The maximum absolute atomic E-state index is 13.9. The fraction of sp³-hybridized carbons (Fsp3) is 0.238. The summed E-state index contributed by atoms with van der Waals surface area (Å²) in [5.74, 6) is 0.664. The van der Waals surface area contributed by atoms with Crippen LogP contribution in [0.5, 0.6) is 11.5 Å². The summed E-state index contributed by atoms with van der Waals surface area (Å²) >= 11 is 1.23. The summed E-state index contributed by atoms with van der Waals surface area (Å²) in [5.41, 5.74) is 1.01. The lowest BCUT2D eigenvalue weighted by Gasteiger charge is -2.12. The molecule has 2 aromatic rings. The third-order valence-corrected chi connectivity index (χ3v) is 5.06. The van der Waals surface area contributed by atoms with Crippen LogP contribution < -0.4 is 9.47 Å². The molecule has 0 bridgehead atoms. The Morgan fingerprint density at radius 2 is 1.96 bits per heavy atom. The number of hydrogen-bond donors (Lipinski definition) is 0. The monoisotopic (exact) mass is 400 g/mol. The van der Waals surface area contributed by atoms with Crippen LogP contribution in [0.3, 0.4) is 0 Å². The number of rotatable bonds is 6. The number of nitrogens with zero attached hydrogens (tertiary/aromatic N) is 2. The van der Waals surface area contributed by atoms with Crippen molar-refractivity contribution in [1.29, 1.82) is 0 Å². The van der Waals surface area contributed by atoms with Gasteiger partial charge in [-0.3, -0.25) is 9.69 Å². The fourth-order valence-corrected chi connectivity index (χ4v) is 3.77. The minimum atomic E-state index is -0.423. The molecular formula is C21H21FN2O3S. The minimum absolute atomic E-state index is 0.157. The summed E-state index contributed by atoms with van der Waals surface area (Å²) in [4.78, 5) is 19.2. The summed E-state index contributed by atoms with van der Waals surface area (Å²) in [5, 5.41) is 0.460. The van der Waals surface area contributed by atoms with Gasteiger partial charge in [-0.05, 0) is 61.5 Å². The number of amides is 1.